The van der Waals surface area contributed by atoms with Crippen LogP contribution in [0.4, 0.5) is 18.9 Å². The molecule has 162 valence electrons. The van der Waals surface area contributed by atoms with E-state index in [1.54, 1.807) is 0 Å². The van der Waals surface area contributed by atoms with Crippen LogP contribution in [-0.4, -0.2) is 39.8 Å². The molecule has 0 saturated heterocycles. The Morgan fingerprint density at radius 1 is 0.935 bits per heavy atom. The smallest absolute Gasteiger partial charge is 0.362 e. The topological polar surface area (TPSA) is 37.2 Å². The molecule has 0 radical (unpaired) electrons. The summed E-state index contributed by atoms with van der Waals surface area (Å²) in [6, 6.07) is 17.1. The highest BCUT2D eigenvalue weighted by Crippen LogP contribution is 2.36. The van der Waals surface area contributed by atoms with Gasteiger partial charge < -0.3 is 14.4 Å². The SMILES string of the molecule is CN1CCC(c2ccccc2)c2ccc(N3CCn4c(nnc4C(F)(F)F)C3)cc2C1. The van der Waals surface area contributed by atoms with Gasteiger partial charge in [-0.05, 0) is 48.8 Å². The molecule has 3 aromatic rings. The van der Waals surface area contributed by atoms with Crippen LogP contribution in [-0.2, 0) is 25.8 Å². The highest BCUT2D eigenvalue weighted by Gasteiger charge is 2.39. The molecule has 0 fully saturated rings. The Hall–Kier alpha value is -2.87. The summed E-state index contributed by atoms with van der Waals surface area (Å²) in [5.41, 5.74) is 4.94. The molecule has 1 atom stereocenters. The maximum Gasteiger partial charge on any atom is 0.451 e. The standard InChI is InChI=1S/C23H24F3N5/c1-29-10-9-20(16-5-3-2-4-6-16)19-8-7-18(13-17(19)14-29)30-11-12-31-21(15-30)27-28-22(31)23(24,25)26/h2-8,13,20H,9-12,14-15H2,1H3. The first-order chi connectivity index (χ1) is 14.9. The fourth-order valence-corrected chi connectivity index (χ4v) is 4.76. The van der Waals surface area contributed by atoms with Crippen LogP contribution in [0.15, 0.2) is 48.5 Å². The van der Waals surface area contributed by atoms with Crippen molar-refractivity contribution in [2.75, 3.05) is 25.0 Å². The average molecular weight is 427 g/mol. The number of fused-ring (bicyclic) bond motifs is 2. The number of nitrogens with zero attached hydrogens (tertiary/aromatic N) is 5. The minimum absolute atomic E-state index is 0.223. The van der Waals surface area contributed by atoms with Crippen molar-refractivity contribution in [1.82, 2.24) is 19.7 Å². The fourth-order valence-electron chi connectivity index (χ4n) is 4.76. The summed E-state index contributed by atoms with van der Waals surface area (Å²) < 4.78 is 40.6. The molecule has 5 nitrogen and oxygen atoms in total. The second-order valence-corrected chi connectivity index (χ2v) is 8.38. The van der Waals surface area contributed by atoms with Gasteiger partial charge in [-0.15, -0.1) is 10.2 Å². The van der Waals surface area contributed by atoms with E-state index in [0.29, 0.717) is 24.8 Å². The predicted molar refractivity (Wildman–Crippen MR) is 112 cm³/mol. The van der Waals surface area contributed by atoms with E-state index < -0.39 is 12.0 Å². The number of halogens is 3. The molecule has 2 aliphatic heterocycles. The number of rotatable bonds is 2. The molecule has 5 rings (SSSR count). The Morgan fingerprint density at radius 3 is 2.52 bits per heavy atom. The van der Waals surface area contributed by atoms with Crippen molar-refractivity contribution in [1.29, 1.82) is 0 Å². The average Bonchev–Trinajstić information content (AvgIpc) is 3.11. The first-order valence-corrected chi connectivity index (χ1v) is 10.5. The predicted octanol–water partition coefficient (Wildman–Crippen LogP) is 4.28. The summed E-state index contributed by atoms with van der Waals surface area (Å²) in [7, 11) is 2.13. The van der Waals surface area contributed by atoms with Crippen LogP contribution < -0.4 is 4.90 Å². The number of hydrogen-bond donors (Lipinski definition) is 0. The van der Waals surface area contributed by atoms with E-state index >= 15 is 0 Å². The summed E-state index contributed by atoms with van der Waals surface area (Å²) in [5.74, 6) is -0.210. The van der Waals surface area contributed by atoms with E-state index in [-0.39, 0.29) is 6.54 Å². The zero-order valence-electron chi connectivity index (χ0n) is 17.3. The molecule has 2 aromatic carbocycles. The monoisotopic (exact) mass is 427 g/mol. The molecular weight excluding hydrogens is 403 g/mol. The van der Waals surface area contributed by atoms with E-state index in [9.17, 15) is 13.2 Å². The van der Waals surface area contributed by atoms with Crippen molar-refractivity contribution in [2.24, 2.45) is 0 Å². The molecule has 0 saturated carbocycles. The Bertz CT molecular complexity index is 1080. The quantitative estimate of drug-likeness (QED) is 0.612. The van der Waals surface area contributed by atoms with Crippen molar-refractivity contribution in [3.63, 3.8) is 0 Å². The van der Waals surface area contributed by atoms with Gasteiger partial charge in [0, 0.05) is 31.2 Å². The molecule has 0 aliphatic carbocycles. The molecule has 0 bridgehead atoms. The molecule has 3 heterocycles. The molecular formula is C23H24F3N5. The third-order valence-electron chi connectivity index (χ3n) is 6.32. The van der Waals surface area contributed by atoms with Crippen molar-refractivity contribution in [3.8, 4) is 0 Å². The summed E-state index contributed by atoms with van der Waals surface area (Å²) in [4.78, 5) is 4.42. The van der Waals surface area contributed by atoms with Gasteiger partial charge >= 0.3 is 6.18 Å². The third-order valence-corrected chi connectivity index (χ3v) is 6.32. The molecule has 8 heteroatoms. The maximum absolute atomic E-state index is 13.1. The van der Waals surface area contributed by atoms with Gasteiger partial charge in [0.15, 0.2) is 5.82 Å². The maximum atomic E-state index is 13.1. The molecule has 0 N–H and O–H groups in total. The van der Waals surface area contributed by atoms with Crippen LogP contribution >= 0.6 is 0 Å². The third kappa shape index (κ3) is 3.80. The lowest BCUT2D eigenvalue weighted by Crippen LogP contribution is -2.35. The van der Waals surface area contributed by atoms with E-state index in [4.69, 9.17) is 0 Å². The van der Waals surface area contributed by atoms with Gasteiger partial charge in [-0.3, -0.25) is 0 Å². The van der Waals surface area contributed by atoms with Gasteiger partial charge in [-0.25, -0.2) is 0 Å². The van der Waals surface area contributed by atoms with Crippen LogP contribution in [0.25, 0.3) is 0 Å². The molecule has 1 unspecified atom stereocenters. The van der Waals surface area contributed by atoms with Gasteiger partial charge in [0.05, 0.1) is 6.54 Å². The number of hydrogen-bond acceptors (Lipinski definition) is 4. The van der Waals surface area contributed by atoms with E-state index in [2.05, 4.69) is 69.5 Å². The summed E-state index contributed by atoms with van der Waals surface area (Å²) >= 11 is 0. The van der Waals surface area contributed by atoms with Crippen LogP contribution in [0.1, 0.15) is 40.7 Å². The number of anilines is 1. The van der Waals surface area contributed by atoms with Gasteiger partial charge in [0.25, 0.3) is 0 Å². The second kappa shape index (κ2) is 7.67. The van der Waals surface area contributed by atoms with Crippen molar-refractivity contribution >= 4 is 5.69 Å². The van der Waals surface area contributed by atoms with Gasteiger partial charge in [-0.1, -0.05) is 36.4 Å². The largest absolute Gasteiger partial charge is 0.451 e. The zero-order valence-corrected chi connectivity index (χ0v) is 17.3. The number of aromatic nitrogens is 3. The minimum atomic E-state index is -4.48. The molecule has 31 heavy (non-hydrogen) atoms. The lowest BCUT2D eigenvalue weighted by molar-refractivity contribution is -0.147. The van der Waals surface area contributed by atoms with Crippen LogP contribution in [0.3, 0.4) is 0 Å². The Labute approximate surface area is 179 Å². The van der Waals surface area contributed by atoms with E-state index in [1.807, 2.05) is 6.07 Å². The van der Waals surface area contributed by atoms with Crippen LogP contribution in [0, 0.1) is 0 Å². The first-order valence-electron chi connectivity index (χ1n) is 10.5. The number of alkyl halides is 3. The molecule has 0 spiro atoms. The highest BCUT2D eigenvalue weighted by molar-refractivity contribution is 5.54. The molecule has 2 aliphatic rings. The van der Waals surface area contributed by atoms with Gasteiger partial charge in [0.2, 0.25) is 5.82 Å². The van der Waals surface area contributed by atoms with Crippen LogP contribution in [0.2, 0.25) is 0 Å². The summed E-state index contributed by atoms with van der Waals surface area (Å²) in [6.45, 7) is 2.90. The molecule has 0 amide bonds. The number of benzene rings is 2. The van der Waals surface area contributed by atoms with Crippen molar-refractivity contribution < 1.29 is 13.2 Å². The Morgan fingerprint density at radius 2 is 1.74 bits per heavy atom. The van der Waals surface area contributed by atoms with Crippen LogP contribution in [0.5, 0.6) is 0 Å². The minimum Gasteiger partial charge on any atom is -0.362 e. The van der Waals surface area contributed by atoms with Gasteiger partial charge in [0.1, 0.15) is 0 Å². The second-order valence-electron chi connectivity index (χ2n) is 8.38. The Kier molecular flexibility index (Phi) is 4.97. The summed E-state index contributed by atoms with van der Waals surface area (Å²) in [6.07, 6.45) is -3.42. The fraction of sp³-hybridized carbons (Fsp3) is 0.391. The van der Waals surface area contributed by atoms with Crippen molar-refractivity contribution in [3.05, 3.63) is 76.9 Å². The van der Waals surface area contributed by atoms with Gasteiger partial charge in [-0.2, -0.15) is 13.2 Å². The molecule has 1 aromatic heterocycles. The lowest BCUT2D eigenvalue weighted by Gasteiger charge is -2.31. The lowest BCUT2D eigenvalue weighted by atomic mass is 9.86. The van der Waals surface area contributed by atoms with E-state index in [0.717, 1.165) is 25.2 Å². The van der Waals surface area contributed by atoms with E-state index in [1.165, 1.54) is 21.3 Å². The first kappa shape index (κ1) is 20.1. The Balaban J connectivity index is 1.45. The highest BCUT2D eigenvalue weighted by atomic mass is 19.4. The summed E-state index contributed by atoms with van der Waals surface area (Å²) in [5, 5.41) is 7.20. The normalized spacial score (nSPS) is 19.6. The van der Waals surface area contributed by atoms with Crippen molar-refractivity contribution in [2.45, 2.75) is 38.1 Å². The zero-order chi connectivity index (χ0) is 21.6.